The average Bonchev–Trinajstić information content (AvgIpc) is 2.33. The maximum Gasteiger partial charge on any atom is 0.105 e. The molecule has 2 fully saturated rings. The van der Waals surface area contributed by atoms with E-state index in [4.69, 9.17) is 0 Å². The molecule has 2 nitrogen and oxygen atoms in total. The molecule has 3 heteroatoms. The van der Waals surface area contributed by atoms with Crippen molar-refractivity contribution in [1.29, 1.82) is 0 Å². The van der Waals surface area contributed by atoms with Crippen LogP contribution < -0.4 is 0 Å². The van der Waals surface area contributed by atoms with Crippen LogP contribution in [0.15, 0.2) is 0 Å². The predicted molar refractivity (Wildman–Crippen MR) is 63.2 cm³/mol. The number of piperidine rings is 1. The summed E-state index contributed by atoms with van der Waals surface area (Å²) in [4.78, 5) is 2.28. The van der Waals surface area contributed by atoms with E-state index in [1.54, 1.807) is 0 Å². The van der Waals surface area contributed by atoms with Gasteiger partial charge < -0.3 is 5.11 Å². The first kappa shape index (κ1) is 12.3. The normalized spacial score (nSPS) is 34.1. The molecular weight excluding hydrogens is 205 g/mol. The predicted octanol–water partition coefficient (Wildman–Crippen LogP) is 2.36. The van der Waals surface area contributed by atoms with E-state index in [1.807, 2.05) is 0 Å². The second-order valence-corrected chi connectivity index (χ2v) is 5.49. The Hall–Kier alpha value is -0.150. The average molecular weight is 229 g/mol. The minimum atomic E-state index is -0.302. The highest BCUT2D eigenvalue weighted by atomic mass is 19.1. The number of nitrogens with zero attached hydrogens (tertiary/aromatic N) is 1. The van der Waals surface area contributed by atoms with Crippen molar-refractivity contribution in [3.8, 4) is 0 Å². The third-order valence-electron chi connectivity index (χ3n) is 4.21. The largest absolute Gasteiger partial charge is 0.393 e. The smallest absolute Gasteiger partial charge is 0.105 e. The maximum atomic E-state index is 12.9. The molecule has 0 aromatic carbocycles. The van der Waals surface area contributed by atoms with Gasteiger partial charge in [0.2, 0.25) is 0 Å². The molecule has 16 heavy (non-hydrogen) atoms. The summed E-state index contributed by atoms with van der Waals surface area (Å²) in [6.07, 6.45) is 7.89. The number of halogens is 1. The van der Waals surface area contributed by atoms with Gasteiger partial charge in [-0.2, -0.15) is 0 Å². The summed E-state index contributed by atoms with van der Waals surface area (Å²) < 4.78 is 12.9. The van der Waals surface area contributed by atoms with Crippen LogP contribution in [0.3, 0.4) is 0 Å². The quantitative estimate of drug-likeness (QED) is 0.803. The van der Waals surface area contributed by atoms with Gasteiger partial charge in [-0.15, -0.1) is 0 Å². The molecule has 0 amide bonds. The topological polar surface area (TPSA) is 23.5 Å². The van der Waals surface area contributed by atoms with E-state index < -0.39 is 0 Å². The van der Waals surface area contributed by atoms with Crippen molar-refractivity contribution >= 4 is 0 Å². The molecule has 0 aromatic heterocycles. The van der Waals surface area contributed by atoms with E-state index in [1.165, 1.54) is 32.1 Å². The summed E-state index contributed by atoms with van der Waals surface area (Å²) in [6, 6.07) is -0.0225. The molecule has 2 unspecified atom stereocenters. The van der Waals surface area contributed by atoms with Crippen molar-refractivity contribution in [3.05, 3.63) is 0 Å². The van der Waals surface area contributed by atoms with Crippen LogP contribution in [0.5, 0.6) is 0 Å². The molecule has 2 atom stereocenters. The Labute approximate surface area is 97.8 Å². The molecule has 1 aliphatic carbocycles. The summed E-state index contributed by atoms with van der Waals surface area (Å²) in [6.45, 7) is 1.64. The fourth-order valence-electron chi connectivity index (χ4n) is 3.18. The molecule has 1 saturated carbocycles. The zero-order valence-electron chi connectivity index (χ0n) is 10.1. The summed E-state index contributed by atoms with van der Waals surface area (Å²) in [5, 5.41) is 9.54. The van der Waals surface area contributed by atoms with Crippen LogP contribution in [0, 0.1) is 5.92 Å². The maximum absolute atomic E-state index is 12.9. The zero-order valence-corrected chi connectivity index (χ0v) is 10.1. The Morgan fingerprint density at radius 1 is 1.12 bits per heavy atom. The fraction of sp³-hybridized carbons (Fsp3) is 1.00. The zero-order chi connectivity index (χ0) is 11.4. The number of aliphatic hydroxyl groups is 1. The van der Waals surface area contributed by atoms with Crippen LogP contribution in [-0.4, -0.2) is 41.9 Å². The van der Waals surface area contributed by atoms with Crippen molar-refractivity contribution in [3.63, 3.8) is 0 Å². The lowest BCUT2D eigenvalue weighted by molar-refractivity contribution is 0.0203. The Bertz CT molecular complexity index is 206. The van der Waals surface area contributed by atoms with Gasteiger partial charge in [0.1, 0.15) is 6.67 Å². The number of likely N-dealkylation sites (tertiary alicyclic amines) is 1. The van der Waals surface area contributed by atoms with Gasteiger partial charge in [-0.3, -0.25) is 4.90 Å². The van der Waals surface area contributed by atoms with Crippen LogP contribution in [0.2, 0.25) is 0 Å². The molecule has 0 aromatic rings. The van der Waals surface area contributed by atoms with Gasteiger partial charge in [0.25, 0.3) is 0 Å². The van der Waals surface area contributed by atoms with Crippen molar-refractivity contribution in [1.82, 2.24) is 4.90 Å². The van der Waals surface area contributed by atoms with Crippen LogP contribution in [0.1, 0.15) is 44.9 Å². The molecule has 1 aliphatic heterocycles. The SMILES string of the molecule is OC1CCN(CC2CCCCC2)C(CF)C1. The minimum absolute atomic E-state index is 0.0225. The highest BCUT2D eigenvalue weighted by Crippen LogP contribution is 2.27. The number of hydrogen-bond donors (Lipinski definition) is 1. The first-order chi connectivity index (χ1) is 7.79. The Morgan fingerprint density at radius 3 is 2.56 bits per heavy atom. The summed E-state index contributed by atoms with van der Waals surface area (Å²) in [7, 11) is 0. The molecule has 2 rings (SSSR count). The van der Waals surface area contributed by atoms with Gasteiger partial charge in [-0.25, -0.2) is 4.39 Å². The second kappa shape index (κ2) is 5.97. The number of alkyl halides is 1. The lowest BCUT2D eigenvalue weighted by Gasteiger charge is -2.39. The lowest BCUT2D eigenvalue weighted by atomic mass is 9.87. The van der Waals surface area contributed by atoms with E-state index in [0.717, 1.165) is 25.4 Å². The van der Waals surface area contributed by atoms with Crippen molar-refractivity contribution in [2.24, 2.45) is 5.92 Å². The van der Waals surface area contributed by atoms with E-state index in [2.05, 4.69) is 4.90 Å². The van der Waals surface area contributed by atoms with E-state index in [0.29, 0.717) is 6.42 Å². The number of aliphatic hydroxyl groups excluding tert-OH is 1. The lowest BCUT2D eigenvalue weighted by Crippen LogP contribution is -2.47. The van der Waals surface area contributed by atoms with Crippen LogP contribution in [0.4, 0.5) is 4.39 Å². The Morgan fingerprint density at radius 2 is 1.88 bits per heavy atom. The van der Waals surface area contributed by atoms with Gasteiger partial charge in [-0.1, -0.05) is 19.3 Å². The summed E-state index contributed by atoms with van der Waals surface area (Å²) in [5.41, 5.74) is 0. The van der Waals surface area contributed by atoms with Crippen molar-refractivity contribution < 1.29 is 9.50 Å². The van der Waals surface area contributed by atoms with Crippen LogP contribution in [0.25, 0.3) is 0 Å². The molecule has 1 saturated heterocycles. The van der Waals surface area contributed by atoms with Crippen LogP contribution >= 0.6 is 0 Å². The highest BCUT2D eigenvalue weighted by Gasteiger charge is 2.29. The van der Waals surface area contributed by atoms with E-state index >= 15 is 0 Å². The third-order valence-corrected chi connectivity index (χ3v) is 4.21. The number of hydrogen-bond acceptors (Lipinski definition) is 2. The van der Waals surface area contributed by atoms with Gasteiger partial charge in [0.15, 0.2) is 0 Å². The third kappa shape index (κ3) is 3.17. The molecular formula is C13H24FNO. The van der Waals surface area contributed by atoms with Gasteiger partial charge in [0.05, 0.1) is 6.10 Å². The molecule has 1 N–H and O–H groups in total. The molecule has 0 spiro atoms. The second-order valence-electron chi connectivity index (χ2n) is 5.49. The van der Waals surface area contributed by atoms with E-state index in [9.17, 15) is 9.50 Å². The first-order valence-corrected chi connectivity index (χ1v) is 6.77. The summed E-state index contributed by atoms with van der Waals surface area (Å²) >= 11 is 0. The van der Waals surface area contributed by atoms with Crippen LogP contribution in [-0.2, 0) is 0 Å². The Kier molecular flexibility index (Phi) is 4.59. The minimum Gasteiger partial charge on any atom is -0.393 e. The molecule has 94 valence electrons. The first-order valence-electron chi connectivity index (χ1n) is 6.77. The molecule has 2 aliphatic rings. The fourth-order valence-corrected chi connectivity index (χ4v) is 3.18. The highest BCUT2D eigenvalue weighted by molar-refractivity contribution is 4.83. The Balaban J connectivity index is 1.82. The molecule has 0 radical (unpaired) electrons. The van der Waals surface area contributed by atoms with Gasteiger partial charge >= 0.3 is 0 Å². The van der Waals surface area contributed by atoms with Gasteiger partial charge in [-0.05, 0) is 31.6 Å². The van der Waals surface area contributed by atoms with Gasteiger partial charge in [0, 0.05) is 19.1 Å². The monoisotopic (exact) mass is 229 g/mol. The summed E-state index contributed by atoms with van der Waals surface area (Å²) in [5.74, 6) is 0.776. The standard InChI is InChI=1S/C13H24FNO/c14-9-12-8-13(16)6-7-15(12)10-11-4-2-1-3-5-11/h11-13,16H,1-10H2. The molecule has 0 bridgehead atoms. The molecule has 1 heterocycles. The van der Waals surface area contributed by atoms with E-state index in [-0.39, 0.29) is 18.8 Å². The van der Waals surface area contributed by atoms with Crippen molar-refractivity contribution in [2.45, 2.75) is 57.1 Å². The number of rotatable bonds is 3. The van der Waals surface area contributed by atoms with Crippen molar-refractivity contribution in [2.75, 3.05) is 19.8 Å².